The standard InChI is InChI=1S/C16H24N2O3S/c1-12(2)20-8-3-7-17-16(19)13-4-5-15(18-10-13)21-14-6-9-22-11-14/h4-5,10,12,14H,3,6-9,11H2,1-2H3,(H,17,19). The zero-order chi connectivity index (χ0) is 15.8. The van der Waals surface area contributed by atoms with Crippen LogP contribution >= 0.6 is 11.8 Å². The number of nitrogens with one attached hydrogen (secondary N) is 1. The van der Waals surface area contributed by atoms with E-state index in [4.69, 9.17) is 9.47 Å². The molecule has 1 atom stereocenters. The molecule has 2 rings (SSSR count). The maximum atomic E-state index is 12.0. The van der Waals surface area contributed by atoms with E-state index in [1.54, 1.807) is 18.3 Å². The van der Waals surface area contributed by atoms with Gasteiger partial charge in [0.05, 0.1) is 11.7 Å². The summed E-state index contributed by atoms with van der Waals surface area (Å²) in [5.74, 6) is 2.64. The van der Waals surface area contributed by atoms with Gasteiger partial charge in [-0.25, -0.2) is 4.98 Å². The average Bonchev–Trinajstić information content (AvgIpc) is 3.00. The Morgan fingerprint density at radius 3 is 3.00 bits per heavy atom. The van der Waals surface area contributed by atoms with E-state index in [0.29, 0.717) is 24.6 Å². The molecule has 1 unspecified atom stereocenters. The third-order valence-electron chi connectivity index (χ3n) is 3.23. The SMILES string of the molecule is CC(C)OCCCNC(=O)c1ccc(OC2CCSC2)nc1. The van der Waals surface area contributed by atoms with Crippen molar-refractivity contribution in [3.05, 3.63) is 23.9 Å². The molecule has 22 heavy (non-hydrogen) atoms. The summed E-state index contributed by atoms with van der Waals surface area (Å²) in [4.78, 5) is 16.2. The molecule has 0 radical (unpaired) electrons. The molecule has 1 N–H and O–H groups in total. The van der Waals surface area contributed by atoms with Crippen molar-refractivity contribution in [3.8, 4) is 5.88 Å². The third kappa shape index (κ3) is 5.85. The van der Waals surface area contributed by atoms with Crippen molar-refractivity contribution in [2.45, 2.75) is 38.9 Å². The molecule has 0 aliphatic carbocycles. The lowest BCUT2D eigenvalue weighted by molar-refractivity contribution is 0.0757. The van der Waals surface area contributed by atoms with Gasteiger partial charge >= 0.3 is 0 Å². The van der Waals surface area contributed by atoms with Crippen molar-refractivity contribution >= 4 is 17.7 Å². The van der Waals surface area contributed by atoms with Gasteiger partial charge in [-0.1, -0.05) is 0 Å². The Kier molecular flexibility index (Phi) is 6.99. The van der Waals surface area contributed by atoms with E-state index in [1.165, 1.54) is 0 Å². The zero-order valence-electron chi connectivity index (χ0n) is 13.2. The summed E-state index contributed by atoms with van der Waals surface area (Å²) in [6.07, 6.45) is 3.91. The minimum Gasteiger partial charge on any atom is -0.473 e. The summed E-state index contributed by atoms with van der Waals surface area (Å²) < 4.78 is 11.2. The number of nitrogens with zero attached hydrogens (tertiary/aromatic N) is 1. The van der Waals surface area contributed by atoms with Gasteiger partial charge in [-0.05, 0) is 38.5 Å². The number of thioether (sulfide) groups is 1. The molecule has 1 amide bonds. The molecule has 0 bridgehead atoms. The number of ether oxygens (including phenoxy) is 2. The Morgan fingerprint density at radius 2 is 2.36 bits per heavy atom. The van der Waals surface area contributed by atoms with Gasteiger partial charge in [0.15, 0.2) is 0 Å². The number of hydrogen-bond donors (Lipinski definition) is 1. The van der Waals surface area contributed by atoms with Gasteiger partial charge in [0.2, 0.25) is 5.88 Å². The smallest absolute Gasteiger partial charge is 0.252 e. The van der Waals surface area contributed by atoms with Crippen molar-refractivity contribution in [2.24, 2.45) is 0 Å². The van der Waals surface area contributed by atoms with Gasteiger partial charge in [0.25, 0.3) is 5.91 Å². The number of rotatable bonds is 8. The van der Waals surface area contributed by atoms with E-state index in [2.05, 4.69) is 10.3 Å². The fraction of sp³-hybridized carbons (Fsp3) is 0.625. The second-order valence-corrected chi connectivity index (χ2v) is 6.67. The minimum absolute atomic E-state index is 0.111. The lowest BCUT2D eigenvalue weighted by Crippen LogP contribution is -2.25. The summed E-state index contributed by atoms with van der Waals surface area (Å²) in [5.41, 5.74) is 0.554. The fourth-order valence-corrected chi connectivity index (χ4v) is 3.15. The first-order chi connectivity index (χ1) is 10.6. The maximum absolute atomic E-state index is 12.0. The predicted molar refractivity (Wildman–Crippen MR) is 88.6 cm³/mol. The molecule has 5 nitrogen and oxygen atoms in total. The van der Waals surface area contributed by atoms with Crippen molar-refractivity contribution in [3.63, 3.8) is 0 Å². The van der Waals surface area contributed by atoms with E-state index >= 15 is 0 Å². The van der Waals surface area contributed by atoms with Crippen LogP contribution in [0.3, 0.4) is 0 Å². The fourth-order valence-electron chi connectivity index (χ4n) is 2.06. The summed E-state index contributed by atoms with van der Waals surface area (Å²) >= 11 is 1.90. The highest BCUT2D eigenvalue weighted by molar-refractivity contribution is 7.99. The van der Waals surface area contributed by atoms with Crippen LogP contribution in [-0.2, 0) is 4.74 Å². The van der Waals surface area contributed by atoms with Crippen LogP contribution in [0.5, 0.6) is 5.88 Å². The van der Waals surface area contributed by atoms with Gasteiger partial charge in [0, 0.05) is 31.2 Å². The molecular weight excluding hydrogens is 300 g/mol. The van der Waals surface area contributed by atoms with Crippen molar-refractivity contribution in [1.29, 1.82) is 0 Å². The molecule has 1 aliphatic rings. The summed E-state index contributed by atoms with van der Waals surface area (Å²) in [6.45, 7) is 5.25. The van der Waals surface area contributed by atoms with Gasteiger partial charge in [0.1, 0.15) is 6.10 Å². The Hall–Kier alpha value is -1.27. The van der Waals surface area contributed by atoms with Crippen molar-refractivity contribution < 1.29 is 14.3 Å². The Bertz CT molecular complexity index is 459. The van der Waals surface area contributed by atoms with Crippen molar-refractivity contribution in [1.82, 2.24) is 10.3 Å². The Balaban J connectivity index is 1.71. The monoisotopic (exact) mass is 324 g/mol. The highest BCUT2D eigenvalue weighted by Gasteiger charge is 2.17. The first kappa shape index (κ1) is 17.1. The normalized spacial score (nSPS) is 17.7. The number of carbonyl (C=O) groups is 1. The molecule has 2 heterocycles. The number of carbonyl (C=O) groups excluding carboxylic acids is 1. The molecule has 1 aliphatic heterocycles. The number of pyridine rings is 1. The number of aromatic nitrogens is 1. The van der Waals surface area contributed by atoms with Gasteiger partial charge in [-0.15, -0.1) is 0 Å². The molecule has 0 saturated carbocycles. The summed E-state index contributed by atoms with van der Waals surface area (Å²) in [7, 11) is 0. The first-order valence-corrected chi connectivity index (χ1v) is 8.91. The second-order valence-electron chi connectivity index (χ2n) is 5.52. The summed E-state index contributed by atoms with van der Waals surface area (Å²) in [6, 6.07) is 3.52. The largest absolute Gasteiger partial charge is 0.473 e. The van der Waals surface area contributed by atoms with Crippen molar-refractivity contribution in [2.75, 3.05) is 24.7 Å². The first-order valence-electron chi connectivity index (χ1n) is 7.75. The molecule has 1 saturated heterocycles. The lowest BCUT2D eigenvalue weighted by atomic mass is 10.2. The van der Waals surface area contributed by atoms with E-state index < -0.39 is 0 Å². The number of hydrogen-bond acceptors (Lipinski definition) is 5. The summed E-state index contributed by atoms with van der Waals surface area (Å²) in [5, 5.41) is 2.86. The second kappa shape index (κ2) is 9.00. The molecule has 1 aromatic heterocycles. The van der Waals surface area contributed by atoms with Gasteiger partial charge < -0.3 is 14.8 Å². The quantitative estimate of drug-likeness (QED) is 0.745. The van der Waals surface area contributed by atoms with E-state index in [-0.39, 0.29) is 18.1 Å². The van der Waals surface area contributed by atoms with Crippen LogP contribution in [0, 0.1) is 0 Å². The average molecular weight is 324 g/mol. The predicted octanol–water partition coefficient (Wildman–Crippen LogP) is 2.51. The van der Waals surface area contributed by atoms with E-state index in [1.807, 2.05) is 25.6 Å². The highest BCUT2D eigenvalue weighted by atomic mass is 32.2. The molecular formula is C16H24N2O3S. The molecule has 0 spiro atoms. The maximum Gasteiger partial charge on any atom is 0.252 e. The molecule has 1 fully saturated rings. The third-order valence-corrected chi connectivity index (χ3v) is 4.36. The topological polar surface area (TPSA) is 60.5 Å². The van der Waals surface area contributed by atoms with Gasteiger partial charge in [-0.3, -0.25) is 4.79 Å². The van der Waals surface area contributed by atoms with Gasteiger partial charge in [-0.2, -0.15) is 11.8 Å². The molecule has 1 aromatic rings. The van der Waals surface area contributed by atoms with Crippen LogP contribution in [0.25, 0.3) is 0 Å². The lowest BCUT2D eigenvalue weighted by Gasteiger charge is -2.11. The minimum atomic E-state index is -0.111. The van der Waals surface area contributed by atoms with Crippen LogP contribution in [-0.4, -0.2) is 47.8 Å². The van der Waals surface area contributed by atoms with Crippen LogP contribution in [0.15, 0.2) is 18.3 Å². The van der Waals surface area contributed by atoms with Crippen LogP contribution in [0.2, 0.25) is 0 Å². The Labute approximate surface area is 136 Å². The zero-order valence-corrected chi connectivity index (χ0v) is 14.0. The number of amides is 1. The molecule has 0 aromatic carbocycles. The molecule has 6 heteroatoms. The molecule has 122 valence electrons. The van der Waals surface area contributed by atoms with Crippen LogP contribution in [0.1, 0.15) is 37.0 Å². The highest BCUT2D eigenvalue weighted by Crippen LogP contribution is 2.21. The van der Waals surface area contributed by atoms with Crippen LogP contribution < -0.4 is 10.1 Å². The van der Waals surface area contributed by atoms with E-state index in [0.717, 1.165) is 24.3 Å². The van der Waals surface area contributed by atoms with Crippen LogP contribution in [0.4, 0.5) is 0 Å². The Morgan fingerprint density at radius 1 is 1.50 bits per heavy atom. The van der Waals surface area contributed by atoms with E-state index in [9.17, 15) is 4.79 Å².